The number of rotatable bonds is 7. The summed E-state index contributed by atoms with van der Waals surface area (Å²) >= 11 is 3.29. The first-order chi connectivity index (χ1) is 13.9. The lowest BCUT2D eigenvalue weighted by atomic mass is 10.0. The van der Waals surface area contributed by atoms with Gasteiger partial charge in [-0.3, -0.25) is 9.59 Å². The van der Waals surface area contributed by atoms with E-state index in [1.165, 1.54) is 5.56 Å². The number of carbonyl (C=O) groups is 2. The highest BCUT2D eigenvalue weighted by atomic mass is 79.9. The Morgan fingerprint density at radius 1 is 1.17 bits per heavy atom. The van der Waals surface area contributed by atoms with Gasteiger partial charge in [0.1, 0.15) is 6.54 Å². The molecule has 1 N–H and O–H groups in total. The second-order valence-corrected chi connectivity index (χ2v) is 7.56. The number of halogens is 1. The van der Waals surface area contributed by atoms with E-state index in [1.54, 1.807) is 18.2 Å². The Labute approximate surface area is 176 Å². The third-order valence-corrected chi connectivity index (χ3v) is 4.63. The van der Waals surface area contributed by atoms with Gasteiger partial charge in [-0.25, -0.2) is 0 Å². The predicted molar refractivity (Wildman–Crippen MR) is 110 cm³/mol. The molecule has 0 aliphatic heterocycles. The zero-order valence-corrected chi connectivity index (χ0v) is 17.6. The first kappa shape index (κ1) is 20.7. The van der Waals surface area contributed by atoms with Crippen molar-refractivity contribution in [2.45, 2.75) is 26.4 Å². The van der Waals surface area contributed by atoms with Gasteiger partial charge in [-0.05, 0) is 29.7 Å². The molecule has 0 aliphatic carbocycles. The number of aromatic nitrogens is 2. The number of amides is 1. The molecule has 0 atom stereocenters. The lowest BCUT2D eigenvalue weighted by Crippen LogP contribution is -2.30. The Kier molecular flexibility index (Phi) is 6.77. The highest BCUT2D eigenvalue weighted by molar-refractivity contribution is 9.10. The van der Waals surface area contributed by atoms with E-state index in [9.17, 15) is 9.59 Å². The maximum atomic E-state index is 12.0. The lowest BCUT2D eigenvalue weighted by molar-refractivity contribution is -0.144. The molecule has 0 radical (unpaired) electrons. The largest absolute Gasteiger partial charge is 0.454 e. The van der Waals surface area contributed by atoms with Crippen molar-refractivity contribution in [1.29, 1.82) is 0 Å². The molecular formula is C21H20BrN3O4. The monoisotopic (exact) mass is 457 g/mol. The van der Waals surface area contributed by atoms with Crippen LogP contribution in [0.5, 0.6) is 0 Å². The zero-order valence-electron chi connectivity index (χ0n) is 16.0. The smallest absolute Gasteiger partial charge is 0.325 e. The van der Waals surface area contributed by atoms with Crippen LogP contribution in [0.3, 0.4) is 0 Å². The maximum absolute atomic E-state index is 12.0. The highest BCUT2D eigenvalue weighted by Gasteiger charge is 2.13. The van der Waals surface area contributed by atoms with Crippen LogP contribution >= 0.6 is 15.9 Å². The van der Waals surface area contributed by atoms with E-state index in [-0.39, 0.29) is 24.9 Å². The van der Waals surface area contributed by atoms with Crippen LogP contribution in [0.4, 0.5) is 0 Å². The van der Waals surface area contributed by atoms with Crippen LogP contribution in [0, 0.1) is 0 Å². The average Bonchev–Trinajstić information content (AvgIpc) is 3.19. The Balaban J connectivity index is 1.49. The molecule has 3 aromatic rings. The van der Waals surface area contributed by atoms with Gasteiger partial charge in [0.15, 0.2) is 6.61 Å². The van der Waals surface area contributed by atoms with Gasteiger partial charge in [-0.1, -0.05) is 65.3 Å². The molecule has 0 saturated heterocycles. The molecule has 0 fully saturated rings. The molecule has 0 aliphatic rings. The summed E-state index contributed by atoms with van der Waals surface area (Å²) in [5.74, 6) is 0.0738. The Morgan fingerprint density at radius 2 is 1.93 bits per heavy atom. The summed E-state index contributed by atoms with van der Waals surface area (Å²) in [6, 6.07) is 14.7. The summed E-state index contributed by atoms with van der Waals surface area (Å²) in [6.07, 6.45) is 0. The third kappa shape index (κ3) is 5.74. The van der Waals surface area contributed by atoms with Crippen LogP contribution in [0.1, 0.15) is 41.6 Å². The number of benzene rings is 2. The van der Waals surface area contributed by atoms with Gasteiger partial charge < -0.3 is 14.6 Å². The number of nitrogens with zero attached hydrogens (tertiary/aromatic N) is 2. The van der Waals surface area contributed by atoms with Crippen molar-refractivity contribution in [3.8, 4) is 11.4 Å². The van der Waals surface area contributed by atoms with E-state index >= 15 is 0 Å². The van der Waals surface area contributed by atoms with Crippen LogP contribution in [-0.2, 0) is 16.1 Å². The number of nitrogens with one attached hydrogen (secondary N) is 1. The minimum Gasteiger partial charge on any atom is -0.454 e. The van der Waals surface area contributed by atoms with E-state index < -0.39 is 5.97 Å². The number of esters is 1. The van der Waals surface area contributed by atoms with E-state index in [2.05, 4.69) is 45.2 Å². The molecule has 0 spiro atoms. The molecule has 2 aromatic carbocycles. The summed E-state index contributed by atoms with van der Waals surface area (Å²) < 4.78 is 11.0. The molecule has 0 unspecified atom stereocenters. The normalized spacial score (nSPS) is 10.8. The van der Waals surface area contributed by atoms with Crippen LogP contribution in [-0.4, -0.2) is 28.6 Å². The van der Waals surface area contributed by atoms with Gasteiger partial charge in [0.05, 0.1) is 0 Å². The Hall–Kier alpha value is -3.00. The standard InChI is InChI=1S/C21H20BrN3O4/c1-13(2)14-6-8-15(9-7-14)20-24-18(29-25-20)12-28-19(26)11-23-21(27)16-4-3-5-17(22)10-16/h3-10,13H,11-12H2,1-2H3,(H,23,27). The van der Waals surface area contributed by atoms with E-state index in [0.29, 0.717) is 17.3 Å². The van der Waals surface area contributed by atoms with Gasteiger partial charge in [-0.2, -0.15) is 4.98 Å². The molecule has 29 heavy (non-hydrogen) atoms. The summed E-state index contributed by atoms with van der Waals surface area (Å²) in [5.41, 5.74) is 2.48. The van der Waals surface area contributed by atoms with Crippen LogP contribution in [0.2, 0.25) is 0 Å². The fraction of sp³-hybridized carbons (Fsp3) is 0.238. The molecule has 150 valence electrons. The summed E-state index contributed by atoms with van der Waals surface area (Å²) in [5, 5.41) is 6.42. The van der Waals surface area contributed by atoms with Gasteiger partial charge in [0, 0.05) is 15.6 Å². The number of carbonyl (C=O) groups excluding carboxylic acids is 2. The van der Waals surface area contributed by atoms with Crippen molar-refractivity contribution >= 4 is 27.8 Å². The summed E-state index contributed by atoms with van der Waals surface area (Å²) in [7, 11) is 0. The molecule has 1 aromatic heterocycles. The molecule has 8 heteroatoms. The fourth-order valence-corrected chi connectivity index (χ4v) is 2.92. The van der Waals surface area contributed by atoms with E-state index in [4.69, 9.17) is 9.26 Å². The van der Waals surface area contributed by atoms with Gasteiger partial charge in [0.2, 0.25) is 5.82 Å². The topological polar surface area (TPSA) is 94.3 Å². The van der Waals surface area contributed by atoms with Gasteiger partial charge in [0.25, 0.3) is 11.8 Å². The third-order valence-electron chi connectivity index (χ3n) is 4.14. The first-order valence-corrected chi connectivity index (χ1v) is 9.84. The SMILES string of the molecule is CC(C)c1ccc(-c2noc(COC(=O)CNC(=O)c3cccc(Br)c3)n2)cc1. The second kappa shape index (κ2) is 9.47. The molecular weight excluding hydrogens is 438 g/mol. The molecule has 0 saturated carbocycles. The van der Waals surface area contributed by atoms with Gasteiger partial charge >= 0.3 is 5.97 Å². The molecule has 1 heterocycles. The lowest BCUT2D eigenvalue weighted by Gasteiger charge is -2.05. The van der Waals surface area contributed by atoms with E-state index in [0.717, 1.165) is 10.0 Å². The minimum absolute atomic E-state index is 0.164. The molecule has 3 rings (SSSR count). The van der Waals surface area contributed by atoms with Crippen molar-refractivity contribution in [3.05, 3.63) is 70.0 Å². The quantitative estimate of drug-likeness (QED) is 0.536. The summed E-state index contributed by atoms with van der Waals surface area (Å²) in [6.45, 7) is 3.82. The van der Waals surface area contributed by atoms with Gasteiger partial charge in [-0.15, -0.1) is 0 Å². The predicted octanol–water partition coefficient (Wildman–Crippen LogP) is 4.10. The van der Waals surface area contributed by atoms with Crippen molar-refractivity contribution < 1.29 is 18.8 Å². The molecule has 7 nitrogen and oxygen atoms in total. The van der Waals surface area contributed by atoms with Crippen molar-refractivity contribution in [3.63, 3.8) is 0 Å². The highest BCUT2D eigenvalue weighted by Crippen LogP contribution is 2.20. The Bertz CT molecular complexity index is 999. The van der Waals surface area contributed by atoms with Crippen LogP contribution < -0.4 is 5.32 Å². The van der Waals surface area contributed by atoms with Crippen molar-refractivity contribution in [2.75, 3.05) is 6.54 Å². The number of hydrogen-bond acceptors (Lipinski definition) is 6. The van der Waals surface area contributed by atoms with Crippen LogP contribution in [0.25, 0.3) is 11.4 Å². The van der Waals surface area contributed by atoms with E-state index in [1.807, 2.05) is 30.3 Å². The number of hydrogen-bond donors (Lipinski definition) is 1. The number of ether oxygens (including phenoxy) is 1. The zero-order chi connectivity index (χ0) is 20.8. The fourth-order valence-electron chi connectivity index (χ4n) is 2.53. The summed E-state index contributed by atoms with van der Waals surface area (Å²) in [4.78, 5) is 28.1. The molecule has 0 bridgehead atoms. The van der Waals surface area contributed by atoms with Crippen molar-refractivity contribution in [2.24, 2.45) is 0 Å². The average molecular weight is 458 g/mol. The first-order valence-electron chi connectivity index (χ1n) is 9.04. The second-order valence-electron chi connectivity index (χ2n) is 6.64. The molecule has 1 amide bonds. The maximum Gasteiger partial charge on any atom is 0.325 e. The van der Waals surface area contributed by atoms with Crippen molar-refractivity contribution in [1.82, 2.24) is 15.5 Å². The van der Waals surface area contributed by atoms with Crippen LogP contribution in [0.15, 0.2) is 57.5 Å². The minimum atomic E-state index is -0.602. The Morgan fingerprint density at radius 3 is 2.62 bits per heavy atom.